The Morgan fingerprint density at radius 3 is 1.35 bits per heavy atom. The van der Waals surface area contributed by atoms with Crippen LogP contribution in [0, 0.1) is 28.2 Å². The van der Waals surface area contributed by atoms with E-state index < -0.39 is 0 Å². The van der Waals surface area contributed by atoms with Gasteiger partial charge in [-0.15, -0.1) is 0 Å². The molecule has 10 rings (SSSR count). The van der Waals surface area contributed by atoms with E-state index in [1.54, 1.807) is 0 Å². The van der Waals surface area contributed by atoms with Gasteiger partial charge in [-0.1, -0.05) is 170 Å². The summed E-state index contributed by atoms with van der Waals surface area (Å²) in [5.41, 5.74) is 18.9. The first kappa shape index (κ1) is 76.4. The molecule has 6 radical (unpaired) electrons. The van der Waals surface area contributed by atoms with Gasteiger partial charge in [0.15, 0.2) is 0 Å². The average Bonchev–Trinajstić information content (AvgIpc) is 3.86. The summed E-state index contributed by atoms with van der Waals surface area (Å²) in [7, 11) is 16.8. The van der Waals surface area contributed by atoms with E-state index in [1.165, 1.54) is 79.0 Å². The van der Waals surface area contributed by atoms with Crippen LogP contribution < -0.4 is 4.90 Å². The van der Waals surface area contributed by atoms with Crippen LogP contribution in [0.1, 0.15) is 130 Å². The number of aldehydes is 1. The number of hydrogen-bond donors (Lipinski definition) is 1. The monoisotopic (exact) mass is 1530 g/mol. The van der Waals surface area contributed by atoms with Gasteiger partial charge in [0.25, 0.3) is 0 Å². The summed E-state index contributed by atoms with van der Waals surface area (Å²) in [5.74, 6) is 0. The van der Waals surface area contributed by atoms with Crippen molar-refractivity contribution >= 4 is 69.4 Å². The predicted molar refractivity (Wildman–Crippen MR) is 303 cm³/mol. The molecule has 14 heteroatoms. The Balaban J connectivity index is 0.000000586. The number of anilines is 1. The van der Waals surface area contributed by atoms with Crippen molar-refractivity contribution in [2.75, 3.05) is 4.90 Å². The van der Waals surface area contributed by atoms with E-state index in [1.807, 2.05) is 9.15 Å². The molecule has 0 atom stereocenters. The van der Waals surface area contributed by atoms with Crippen LogP contribution >= 0.6 is 23.2 Å². The van der Waals surface area contributed by atoms with Crippen LogP contribution in [-0.2, 0) is 223 Å². The summed E-state index contributed by atoms with van der Waals surface area (Å²) in [6.07, 6.45) is 16.0. The molecular weight excluding hydrogens is 1460 g/mol. The molecule has 78 heavy (non-hydrogen) atoms. The van der Waals surface area contributed by atoms with Crippen LogP contribution in [0.3, 0.4) is 0 Å². The van der Waals surface area contributed by atoms with Crippen LogP contribution in [0.4, 0.5) is 22.7 Å². The van der Waals surface area contributed by atoms with E-state index in [0.29, 0.717) is 16.2 Å². The van der Waals surface area contributed by atoms with Crippen LogP contribution in [0.15, 0.2) is 166 Å². The van der Waals surface area contributed by atoms with Gasteiger partial charge in [0.05, 0.1) is 28.4 Å². The van der Waals surface area contributed by atoms with Crippen molar-refractivity contribution in [3.63, 3.8) is 0 Å². The third-order valence-corrected chi connectivity index (χ3v) is 17.0. The van der Waals surface area contributed by atoms with Crippen molar-refractivity contribution in [3.05, 3.63) is 216 Å². The molecule has 0 aromatic heterocycles. The van der Waals surface area contributed by atoms with Gasteiger partial charge in [0.2, 0.25) is 0 Å². The maximum atomic E-state index is 10.4. The fourth-order valence-electron chi connectivity index (χ4n) is 10.9. The third-order valence-electron chi connectivity index (χ3n) is 16.0. The Morgan fingerprint density at radius 1 is 0.513 bits per heavy atom. The molecule has 0 saturated heterocycles. The smallest absolute Gasteiger partial charge is 0.147 e. The number of halogens is 2. The summed E-state index contributed by atoms with van der Waals surface area (Å²) in [6.45, 7) is 22.3. The van der Waals surface area contributed by atoms with Gasteiger partial charge in [-0.3, -0.25) is 11.8 Å². The molecule has 6 nitrogen and oxygen atoms in total. The number of carbonyl (C=O) groups is 1. The normalized spacial score (nSPS) is 19.9. The summed E-state index contributed by atoms with van der Waals surface area (Å²) in [6, 6.07) is 33.9. The molecule has 0 amide bonds. The van der Waals surface area contributed by atoms with Crippen LogP contribution in [0.5, 0.6) is 0 Å². The molecule has 0 unspecified atom stereocenters. The van der Waals surface area contributed by atoms with E-state index in [2.05, 4.69) is 228 Å². The van der Waals surface area contributed by atoms with Crippen molar-refractivity contribution in [3.8, 4) is 0 Å². The van der Waals surface area contributed by atoms with Crippen molar-refractivity contribution in [2.45, 2.75) is 129 Å². The molecule has 0 fully saturated rings. The zero-order valence-electron chi connectivity index (χ0n) is 47.6. The van der Waals surface area contributed by atoms with E-state index >= 15 is 0 Å². The van der Waals surface area contributed by atoms with Gasteiger partial charge in [-0.2, -0.15) is 0 Å². The van der Waals surface area contributed by atoms with Crippen molar-refractivity contribution in [1.29, 1.82) is 0 Å². The molecule has 0 spiro atoms. The largest absolute Gasteiger partial charge is 0.515 e. The second kappa shape index (κ2) is 32.2. The topological polar surface area (TPSA) is 49.6 Å². The van der Waals surface area contributed by atoms with Gasteiger partial charge >= 0.3 is 0 Å². The SMILES string of the molecule is O=CC1=C(Cl)/C(=C/O)CCC1.[CH2-]N1/C(=C/C=C2\CCCC(/C=C/C3=[N+]([CH2-])c4ccccc4C3(C)C)=C2Cl)C(C)(C)c2ccccc21.[CH2-][N+]1=C(C)C(C)(C)c2ccccc21.[CH2-][N+]1=C(C)C(C)(C)c2ccccc21.[Y].[Y].[Y].[Y].[Y].[Y]. The molecular formula is C64H73Cl2N4O2Y6-. The summed E-state index contributed by atoms with van der Waals surface area (Å²) < 4.78 is 6.14. The van der Waals surface area contributed by atoms with E-state index in [4.69, 9.17) is 28.3 Å². The molecule has 4 aromatic rings. The first-order chi connectivity index (χ1) is 34.0. The minimum absolute atomic E-state index is 0. The van der Waals surface area contributed by atoms with Gasteiger partial charge in [-0.05, 0) is 122 Å². The Labute approximate surface area is 629 Å². The number of nitrogens with zero attached hydrogens (tertiary/aromatic N) is 4. The Kier molecular flexibility index (Phi) is 31.6. The predicted octanol–water partition coefficient (Wildman–Crippen LogP) is 16.5. The fraction of sp³-hybridized carbons (Fsp3) is 0.312. The first-order valence-electron chi connectivity index (χ1n) is 25.0. The third kappa shape index (κ3) is 15.7. The van der Waals surface area contributed by atoms with Gasteiger partial charge in [-0.25, -0.2) is 0 Å². The number of rotatable bonds is 4. The van der Waals surface area contributed by atoms with Crippen molar-refractivity contribution in [1.82, 2.24) is 0 Å². The summed E-state index contributed by atoms with van der Waals surface area (Å²) in [5, 5.41) is 9.98. The van der Waals surface area contributed by atoms with Crippen LogP contribution in [0.25, 0.3) is 0 Å². The Bertz CT molecular complexity index is 3040. The zero-order valence-corrected chi connectivity index (χ0v) is 66.2. The minimum Gasteiger partial charge on any atom is -0.515 e. The molecule has 6 aliphatic rings. The maximum Gasteiger partial charge on any atom is 0.147 e. The number of aliphatic hydroxyl groups excluding tert-OH is 1. The van der Waals surface area contributed by atoms with Crippen LogP contribution in [-0.4, -0.2) is 42.3 Å². The van der Waals surface area contributed by atoms with Gasteiger partial charge in [0, 0.05) is 261 Å². The van der Waals surface area contributed by atoms with Gasteiger partial charge < -0.3 is 23.7 Å². The first-order valence-corrected chi connectivity index (χ1v) is 25.8. The number of para-hydroxylation sites is 4. The molecule has 4 heterocycles. The number of hydrogen-bond acceptors (Lipinski definition) is 3. The van der Waals surface area contributed by atoms with Crippen molar-refractivity contribution < 1.29 is 220 Å². The second-order valence-electron chi connectivity index (χ2n) is 21.6. The molecule has 0 bridgehead atoms. The zero-order chi connectivity index (χ0) is 52.5. The quantitative estimate of drug-likeness (QED) is 0.0959. The van der Waals surface area contributed by atoms with E-state index in [0.717, 1.165) is 56.1 Å². The Morgan fingerprint density at radius 2 is 0.910 bits per heavy atom. The number of aliphatic hydroxyl groups is 1. The molecule has 4 aromatic carbocycles. The standard InChI is InChI=1S/C32H34ClN2.2C12H15N.C8H9ClO2.6Y/c1-31(2)24-14-7-9-16-26(24)34(5)28(31)20-18-22-12-11-13-23(30(22)33)19-21-29-32(3,4)25-15-8-10-17-27(25)35(29)6;2*1-9-12(2,3)10-7-5-6-8-11(10)13(9)4;9-8-6(4-10)2-1-3-7(8)5-11;;;;;;/h7-10,14-21H,5-6,11-13H2,1-4H3;2*5-8H,4H2,1-3H3;4-5,10H,1-3H2;;;;;;/q-1;;;;;;;;;/b20-18+,23-19+,29-21+;;;6-4+;;;;;;. The molecule has 2 aliphatic carbocycles. The van der Waals surface area contributed by atoms with Crippen LogP contribution in [0.2, 0.25) is 0 Å². The number of carbonyl (C=O) groups excluding carboxylic acids is 1. The maximum absolute atomic E-state index is 10.4. The second-order valence-corrected chi connectivity index (χ2v) is 22.3. The average molecular weight is 1530 g/mol. The molecule has 1 N–H and O–H groups in total. The minimum atomic E-state index is -0.0969. The molecule has 394 valence electrons. The van der Waals surface area contributed by atoms with E-state index in [9.17, 15) is 4.79 Å². The van der Waals surface area contributed by atoms with Gasteiger partial charge in [0.1, 0.15) is 23.3 Å². The number of fused-ring (bicyclic) bond motifs is 4. The summed E-state index contributed by atoms with van der Waals surface area (Å²) >= 11 is 12.7. The van der Waals surface area contributed by atoms with Crippen molar-refractivity contribution in [2.24, 2.45) is 0 Å². The van der Waals surface area contributed by atoms with E-state index in [-0.39, 0.29) is 218 Å². The Hall–Kier alpha value is 0.413. The molecule has 4 aliphatic heterocycles. The number of benzene rings is 4. The summed E-state index contributed by atoms with van der Waals surface area (Å²) in [4.78, 5) is 12.4. The fourth-order valence-corrected chi connectivity index (χ4v) is 11.5. The molecule has 0 saturated carbocycles. The number of allylic oxidation sites excluding steroid dienone is 11.